The maximum Gasteiger partial charge on any atom is 0.416 e. The number of primary amides is 1. The van der Waals surface area contributed by atoms with Gasteiger partial charge in [0, 0.05) is 5.56 Å². The lowest BCUT2D eigenvalue weighted by Gasteiger charge is -2.13. The highest BCUT2D eigenvalue weighted by atomic mass is 19.4. The minimum absolute atomic E-state index is 0.0812. The summed E-state index contributed by atoms with van der Waals surface area (Å²) in [5.41, 5.74) is 4.34. The van der Waals surface area contributed by atoms with Crippen LogP contribution in [0.15, 0.2) is 12.1 Å². The number of hydrogen-bond donors (Lipinski definition) is 1. The van der Waals surface area contributed by atoms with Crippen LogP contribution < -0.4 is 5.73 Å². The van der Waals surface area contributed by atoms with Crippen LogP contribution in [-0.2, 0) is 6.18 Å². The minimum atomic E-state index is -4.46. The topological polar surface area (TPSA) is 43.1 Å². The molecular weight excluding hydrogens is 231 g/mol. The number of amides is 1. The number of carbonyl (C=O) groups is 1. The molecule has 0 aliphatic rings. The molecule has 1 aromatic carbocycles. The van der Waals surface area contributed by atoms with E-state index in [-0.39, 0.29) is 11.1 Å². The third-order valence-corrected chi connectivity index (χ3v) is 2.12. The molecule has 0 atom stereocenters. The largest absolute Gasteiger partial charge is 0.416 e. The Morgan fingerprint density at radius 2 is 1.65 bits per heavy atom. The van der Waals surface area contributed by atoms with Crippen molar-refractivity contribution in [3.8, 4) is 0 Å². The molecule has 0 fully saturated rings. The molecular formula is C12H16F3NO. The molecule has 0 unspecified atom stereocenters. The Labute approximate surface area is 98.6 Å². The average Bonchev–Trinajstić information content (AvgIpc) is 2.22. The van der Waals surface area contributed by atoms with Crippen molar-refractivity contribution >= 4 is 5.91 Å². The molecule has 0 aromatic heterocycles. The quantitative estimate of drug-likeness (QED) is 0.811. The molecule has 17 heavy (non-hydrogen) atoms. The van der Waals surface area contributed by atoms with Crippen LogP contribution in [0.4, 0.5) is 13.2 Å². The molecule has 5 heteroatoms. The molecule has 0 bridgehead atoms. The summed E-state index contributed by atoms with van der Waals surface area (Å²) >= 11 is 0. The van der Waals surface area contributed by atoms with E-state index in [1.165, 1.54) is 19.9 Å². The Balaban J connectivity index is 0.00000121. The molecule has 0 saturated carbocycles. The van der Waals surface area contributed by atoms with E-state index in [1.54, 1.807) is 0 Å². The first-order chi connectivity index (χ1) is 7.73. The lowest BCUT2D eigenvalue weighted by atomic mass is 9.98. The Morgan fingerprint density at radius 3 is 2.00 bits per heavy atom. The van der Waals surface area contributed by atoms with Gasteiger partial charge in [0.05, 0.1) is 5.56 Å². The zero-order valence-electron chi connectivity index (χ0n) is 10.3. The summed E-state index contributed by atoms with van der Waals surface area (Å²) in [4.78, 5) is 10.9. The van der Waals surface area contributed by atoms with E-state index < -0.39 is 17.6 Å². The summed E-state index contributed by atoms with van der Waals surface area (Å²) < 4.78 is 37.6. The fraction of sp³-hybridized carbons (Fsp3) is 0.417. The Kier molecular flexibility index (Phi) is 5.19. The summed E-state index contributed by atoms with van der Waals surface area (Å²) in [6.45, 7) is 6.73. The second-order valence-electron chi connectivity index (χ2n) is 3.35. The summed E-state index contributed by atoms with van der Waals surface area (Å²) in [7, 11) is 0. The van der Waals surface area contributed by atoms with Crippen LogP contribution in [0.2, 0.25) is 0 Å². The highest BCUT2D eigenvalue weighted by Gasteiger charge is 2.33. The molecule has 0 spiro atoms. The summed E-state index contributed by atoms with van der Waals surface area (Å²) in [6.07, 6.45) is -4.46. The number of halogens is 3. The van der Waals surface area contributed by atoms with Gasteiger partial charge in [-0.3, -0.25) is 4.79 Å². The number of nitrogens with two attached hydrogens (primary N) is 1. The van der Waals surface area contributed by atoms with Gasteiger partial charge in [0.15, 0.2) is 0 Å². The van der Waals surface area contributed by atoms with Crippen LogP contribution in [0.1, 0.15) is 40.9 Å². The van der Waals surface area contributed by atoms with E-state index >= 15 is 0 Å². The van der Waals surface area contributed by atoms with Crippen LogP contribution in [-0.4, -0.2) is 5.91 Å². The van der Waals surface area contributed by atoms with E-state index in [2.05, 4.69) is 0 Å². The molecule has 1 amide bonds. The number of aryl methyl sites for hydroxylation is 1. The third kappa shape index (κ3) is 3.76. The van der Waals surface area contributed by atoms with Gasteiger partial charge in [-0.2, -0.15) is 13.2 Å². The summed E-state index contributed by atoms with van der Waals surface area (Å²) in [6, 6.07) is 2.36. The van der Waals surface area contributed by atoms with Gasteiger partial charge >= 0.3 is 6.18 Å². The number of benzene rings is 1. The number of carbonyl (C=O) groups excluding carboxylic acids is 1. The molecule has 96 valence electrons. The van der Waals surface area contributed by atoms with E-state index in [0.29, 0.717) is 5.56 Å². The predicted molar refractivity (Wildman–Crippen MR) is 60.8 cm³/mol. The average molecular weight is 247 g/mol. The first-order valence-corrected chi connectivity index (χ1v) is 5.21. The molecule has 2 N–H and O–H groups in total. The second-order valence-corrected chi connectivity index (χ2v) is 3.35. The van der Waals surface area contributed by atoms with Crippen molar-refractivity contribution in [3.63, 3.8) is 0 Å². The molecule has 0 heterocycles. The molecule has 0 radical (unpaired) electrons. The minimum Gasteiger partial charge on any atom is -0.366 e. The molecule has 0 saturated heterocycles. The van der Waals surface area contributed by atoms with E-state index in [4.69, 9.17) is 5.73 Å². The van der Waals surface area contributed by atoms with Crippen molar-refractivity contribution in [2.75, 3.05) is 0 Å². The van der Waals surface area contributed by atoms with Crippen LogP contribution in [0.3, 0.4) is 0 Å². The maximum absolute atomic E-state index is 12.5. The standard InChI is InChI=1S/C10H10F3NO.C2H6/c1-5-3-7(9(14)15)6(2)8(4-5)10(11,12)13;1-2/h3-4H,1-2H3,(H2,14,15);1-2H3. The molecule has 1 aromatic rings. The molecule has 2 nitrogen and oxygen atoms in total. The third-order valence-electron chi connectivity index (χ3n) is 2.12. The van der Waals surface area contributed by atoms with E-state index in [0.717, 1.165) is 6.07 Å². The van der Waals surface area contributed by atoms with E-state index in [9.17, 15) is 18.0 Å². The Morgan fingerprint density at radius 1 is 1.18 bits per heavy atom. The first kappa shape index (κ1) is 15.5. The smallest absolute Gasteiger partial charge is 0.366 e. The lowest BCUT2D eigenvalue weighted by Crippen LogP contribution is -2.17. The monoisotopic (exact) mass is 247 g/mol. The zero-order valence-corrected chi connectivity index (χ0v) is 10.3. The fourth-order valence-corrected chi connectivity index (χ4v) is 1.41. The zero-order chi connectivity index (χ0) is 13.8. The highest BCUT2D eigenvalue weighted by molar-refractivity contribution is 5.94. The molecule has 0 aliphatic heterocycles. The van der Waals surface area contributed by atoms with Crippen molar-refractivity contribution < 1.29 is 18.0 Å². The molecule has 0 aliphatic carbocycles. The van der Waals surface area contributed by atoms with Crippen molar-refractivity contribution in [2.24, 2.45) is 5.73 Å². The van der Waals surface area contributed by atoms with Crippen LogP contribution in [0.25, 0.3) is 0 Å². The van der Waals surface area contributed by atoms with Crippen LogP contribution >= 0.6 is 0 Å². The van der Waals surface area contributed by atoms with Crippen LogP contribution in [0, 0.1) is 13.8 Å². The van der Waals surface area contributed by atoms with Crippen molar-refractivity contribution in [1.29, 1.82) is 0 Å². The SMILES string of the molecule is CC.Cc1cc(C(N)=O)c(C)c(C(F)(F)F)c1. The van der Waals surface area contributed by atoms with Gasteiger partial charge in [-0.1, -0.05) is 13.8 Å². The van der Waals surface area contributed by atoms with Gasteiger partial charge in [0.1, 0.15) is 0 Å². The fourth-order valence-electron chi connectivity index (χ4n) is 1.41. The van der Waals surface area contributed by atoms with Crippen LogP contribution in [0.5, 0.6) is 0 Å². The van der Waals surface area contributed by atoms with Crippen molar-refractivity contribution in [2.45, 2.75) is 33.9 Å². The van der Waals surface area contributed by atoms with Gasteiger partial charge < -0.3 is 5.73 Å². The predicted octanol–water partition coefficient (Wildman–Crippen LogP) is 3.45. The number of hydrogen-bond acceptors (Lipinski definition) is 1. The number of alkyl halides is 3. The maximum atomic E-state index is 12.5. The van der Waals surface area contributed by atoms with Gasteiger partial charge in [-0.25, -0.2) is 0 Å². The lowest BCUT2D eigenvalue weighted by molar-refractivity contribution is -0.138. The summed E-state index contributed by atoms with van der Waals surface area (Å²) in [5, 5.41) is 0. The van der Waals surface area contributed by atoms with Gasteiger partial charge in [-0.15, -0.1) is 0 Å². The van der Waals surface area contributed by atoms with Crippen molar-refractivity contribution in [3.05, 3.63) is 34.4 Å². The summed E-state index contributed by atoms with van der Waals surface area (Å²) in [5.74, 6) is -0.846. The van der Waals surface area contributed by atoms with Gasteiger partial charge in [0.2, 0.25) is 5.91 Å². The van der Waals surface area contributed by atoms with Gasteiger partial charge in [-0.05, 0) is 37.1 Å². The van der Waals surface area contributed by atoms with Gasteiger partial charge in [0.25, 0.3) is 0 Å². The van der Waals surface area contributed by atoms with E-state index in [1.807, 2.05) is 13.8 Å². The number of rotatable bonds is 1. The molecule has 1 rings (SSSR count). The Hall–Kier alpha value is -1.52. The van der Waals surface area contributed by atoms with Crippen molar-refractivity contribution in [1.82, 2.24) is 0 Å². The second kappa shape index (κ2) is 5.70. The normalized spacial score (nSPS) is 10.5. The Bertz CT molecular complexity index is 411. The first-order valence-electron chi connectivity index (χ1n) is 5.21. The highest BCUT2D eigenvalue weighted by Crippen LogP contribution is 2.33.